The first kappa shape index (κ1) is 15.3. The van der Waals surface area contributed by atoms with Crippen molar-refractivity contribution in [2.45, 2.75) is 26.3 Å². The lowest BCUT2D eigenvalue weighted by Gasteiger charge is -2.07. The monoisotopic (exact) mass is 290 g/mol. The zero-order valence-electron chi connectivity index (χ0n) is 12.5. The van der Waals surface area contributed by atoms with Crippen molar-refractivity contribution >= 4 is 6.01 Å². The molecule has 0 fully saturated rings. The number of benzene rings is 1. The molecule has 114 valence electrons. The van der Waals surface area contributed by atoms with Crippen LogP contribution in [0, 0.1) is 0 Å². The molecule has 0 saturated carbocycles. The molecule has 2 rings (SSSR count). The largest absolute Gasteiger partial charge is 0.492 e. The van der Waals surface area contributed by atoms with Crippen molar-refractivity contribution in [1.29, 1.82) is 0 Å². The summed E-state index contributed by atoms with van der Waals surface area (Å²) in [5, 5.41) is 14.3. The minimum atomic E-state index is 0.0635. The van der Waals surface area contributed by atoms with Crippen LogP contribution in [0.4, 0.5) is 6.01 Å². The van der Waals surface area contributed by atoms with E-state index in [-0.39, 0.29) is 6.04 Å². The first-order chi connectivity index (χ1) is 10.3. The highest BCUT2D eigenvalue weighted by molar-refractivity contribution is 5.21. The standard InChI is InChI=1S/C15H22N4O2/c1-3-9-16-12(2)14-18-19-15(21-14)17-10-11-20-13-7-5-4-6-8-13/h4-8,12,16H,3,9-11H2,1-2H3,(H,17,19). The summed E-state index contributed by atoms with van der Waals surface area (Å²) in [5.41, 5.74) is 0. The lowest BCUT2D eigenvalue weighted by Crippen LogP contribution is -2.19. The number of nitrogens with zero attached hydrogens (tertiary/aromatic N) is 2. The van der Waals surface area contributed by atoms with E-state index in [9.17, 15) is 0 Å². The maximum Gasteiger partial charge on any atom is 0.315 e. The Morgan fingerprint density at radius 1 is 1.19 bits per heavy atom. The number of anilines is 1. The second kappa shape index (κ2) is 8.26. The smallest absolute Gasteiger partial charge is 0.315 e. The normalized spacial score (nSPS) is 12.1. The highest BCUT2D eigenvalue weighted by Gasteiger charge is 2.12. The minimum absolute atomic E-state index is 0.0635. The van der Waals surface area contributed by atoms with Crippen LogP contribution >= 0.6 is 0 Å². The molecule has 1 aromatic heterocycles. The molecule has 0 aliphatic rings. The highest BCUT2D eigenvalue weighted by Crippen LogP contribution is 2.13. The molecule has 2 N–H and O–H groups in total. The first-order valence-corrected chi connectivity index (χ1v) is 7.28. The third kappa shape index (κ3) is 5.07. The lowest BCUT2D eigenvalue weighted by atomic mass is 10.3. The Kier molecular flexibility index (Phi) is 6.02. The third-order valence-electron chi connectivity index (χ3n) is 2.90. The van der Waals surface area contributed by atoms with Gasteiger partial charge in [-0.05, 0) is 32.0 Å². The number of para-hydroxylation sites is 1. The molecule has 2 aromatic rings. The second-order valence-corrected chi connectivity index (χ2v) is 4.71. The van der Waals surface area contributed by atoms with Crippen LogP contribution in [0.2, 0.25) is 0 Å². The van der Waals surface area contributed by atoms with Gasteiger partial charge < -0.3 is 19.8 Å². The van der Waals surface area contributed by atoms with Crippen LogP contribution in [0.5, 0.6) is 5.75 Å². The van der Waals surface area contributed by atoms with Crippen LogP contribution in [0.3, 0.4) is 0 Å². The van der Waals surface area contributed by atoms with E-state index < -0.39 is 0 Å². The maximum absolute atomic E-state index is 5.57. The molecule has 0 bridgehead atoms. The molecule has 21 heavy (non-hydrogen) atoms. The van der Waals surface area contributed by atoms with Gasteiger partial charge in [0.05, 0.1) is 12.6 Å². The number of aromatic nitrogens is 2. The fraction of sp³-hybridized carbons (Fsp3) is 0.467. The van der Waals surface area contributed by atoms with E-state index in [1.54, 1.807) is 0 Å². The molecular formula is C15H22N4O2. The summed E-state index contributed by atoms with van der Waals surface area (Å²) in [4.78, 5) is 0. The van der Waals surface area contributed by atoms with E-state index in [2.05, 4.69) is 27.8 Å². The highest BCUT2D eigenvalue weighted by atomic mass is 16.5. The van der Waals surface area contributed by atoms with E-state index in [1.807, 2.05) is 37.3 Å². The number of nitrogens with one attached hydrogen (secondary N) is 2. The van der Waals surface area contributed by atoms with Gasteiger partial charge in [0.25, 0.3) is 0 Å². The summed E-state index contributed by atoms with van der Waals surface area (Å²) in [6.45, 7) is 6.19. The molecule has 1 unspecified atom stereocenters. The SMILES string of the molecule is CCCNC(C)c1nnc(NCCOc2ccccc2)o1. The van der Waals surface area contributed by atoms with Crippen LogP contribution in [0.1, 0.15) is 32.2 Å². The summed E-state index contributed by atoms with van der Waals surface area (Å²) < 4.78 is 11.1. The molecule has 1 aromatic carbocycles. The quantitative estimate of drug-likeness (QED) is 0.692. The zero-order valence-corrected chi connectivity index (χ0v) is 12.5. The molecule has 0 aliphatic carbocycles. The predicted octanol–water partition coefficient (Wildman–Crippen LogP) is 2.62. The summed E-state index contributed by atoms with van der Waals surface area (Å²) in [6.07, 6.45) is 1.07. The molecule has 0 aliphatic heterocycles. The van der Waals surface area contributed by atoms with Crippen molar-refractivity contribution in [3.8, 4) is 5.75 Å². The van der Waals surface area contributed by atoms with Crippen molar-refractivity contribution in [3.05, 3.63) is 36.2 Å². The fourth-order valence-corrected chi connectivity index (χ4v) is 1.77. The molecule has 0 amide bonds. The number of rotatable bonds is 9. The predicted molar refractivity (Wildman–Crippen MR) is 81.4 cm³/mol. The Hall–Kier alpha value is -2.08. The maximum atomic E-state index is 5.57. The van der Waals surface area contributed by atoms with Gasteiger partial charge in [0, 0.05) is 0 Å². The van der Waals surface area contributed by atoms with Crippen LogP contribution in [0.15, 0.2) is 34.7 Å². The summed E-state index contributed by atoms with van der Waals surface area (Å²) in [6, 6.07) is 10.2. The molecule has 6 heteroatoms. The van der Waals surface area contributed by atoms with E-state index in [1.165, 1.54) is 0 Å². The molecule has 0 saturated heterocycles. The Bertz CT molecular complexity index is 515. The van der Waals surface area contributed by atoms with Gasteiger partial charge in [-0.15, -0.1) is 5.10 Å². The van der Waals surface area contributed by atoms with Gasteiger partial charge in [-0.25, -0.2) is 0 Å². The van der Waals surface area contributed by atoms with E-state index in [4.69, 9.17) is 9.15 Å². The van der Waals surface area contributed by atoms with E-state index in [0.29, 0.717) is 25.1 Å². The summed E-state index contributed by atoms with van der Waals surface area (Å²) in [5.74, 6) is 1.44. The van der Waals surface area contributed by atoms with Gasteiger partial charge >= 0.3 is 6.01 Å². The van der Waals surface area contributed by atoms with Crippen molar-refractivity contribution < 1.29 is 9.15 Å². The summed E-state index contributed by atoms with van der Waals surface area (Å²) >= 11 is 0. The van der Waals surface area contributed by atoms with Crippen molar-refractivity contribution in [2.24, 2.45) is 0 Å². The van der Waals surface area contributed by atoms with E-state index in [0.717, 1.165) is 18.7 Å². The average molecular weight is 290 g/mol. The Labute approximate surface area is 124 Å². The first-order valence-electron chi connectivity index (χ1n) is 7.28. The Morgan fingerprint density at radius 3 is 2.76 bits per heavy atom. The Morgan fingerprint density at radius 2 is 2.00 bits per heavy atom. The van der Waals surface area contributed by atoms with Crippen molar-refractivity contribution in [1.82, 2.24) is 15.5 Å². The van der Waals surface area contributed by atoms with E-state index >= 15 is 0 Å². The van der Waals surface area contributed by atoms with Gasteiger partial charge in [0.15, 0.2) is 0 Å². The Balaban J connectivity index is 1.70. The van der Waals surface area contributed by atoms with Crippen molar-refractivity contribution in [2.75, 3.05) is 25.0 Å². The van der Waals surface area contributed by atoms with Gasteiger partial charge in [0.2, 0.25) is 5.89 Å². The molecule has 1 heterocycles. The number of hydrogen-bond acceptors (Lipinski definition) is 6. The van der Waals surface area contributed by atoms with Gasteiger partial charge in [-0.2, -0.15) is 0 Å². The zero-order chi connectivity index (χ0) is 14.9. The molecule has 0 spiro atoms. The third-order valence-corrected chi connectivity index (χ3v) is 2.90. The lowest BCUT2D eigenvalue weighted by molar-refractivity contribution is 0.330. The van der Waals surface area contributed by atoms with Crippen LogP contribution in [0.25, 0.3) is 0 Å². The molecular weight excluding hydrogens is 268 g/mol. The fourth-order valence-electron chi connectivity index (χ4n) is 1.77. The van der Waals surface area contributed by atoms with Gasteiger partial charge in [0.1, 0.15) is 12.4 Å². The molecule has 6 nitrogen and oxygen atoms in total. The van der Waals surface area contributed by atoms with Crippen LogP contribution < -0.4 is 15.4 Å². The van der Waals surface area contributed by atoms with Gasteiger partial charge in [-0.1, -0.05) is 30.2 Å². The topological polar surface area (TPSA) is 72.2 Å². The number of ether oxygens (including phenoxy) is 1. The second-order valence-electron chi connectivity index (χ2n) is 4.71. The van der Waals surface area contributed by atoms with Crippen LogP contribution in [-0.4, -0.2) is 29.9 Å². The summed E-state index contributed by atoms with van der Waals surface area (Å²) in [7, 11) is 0. The molecule has 1 atom stereocenters. The minimum Gasteiger partial charge on any atom is -0.492 e. The van der Waals surface area contributed by atoms with Gasteiger partial charge in [-0.3, -0.25) is 0 Å². The molecule has 0 radical (unpaired) electrons. The average Bonchev–Trinajstić information content (AvgIpc) is 2.99. The number of hydrogen-bond donors (Lipinski definition) is 2. The van der Waals surface area contributed by atoms with Crippen molar-refractivity contribution in [3.63, 3.8) is 0 Å². The van der Waals surface area contributed by atoms with Crippen LogP contribution in [-0.2, 0) is 0 Å².